The number of fused-ring (bicyclic) bond motifs is 1. The summed E-state index contributed by atoms with van der Waals surface area (Å²) in [4.78, 5) is 17.1. The van der Waals surface area contributed by atoms with Crippen molar-refractivity contribution in [2.75, 3.05) is 12.4 Å². The van der Waals surface area contributed by atoms with Crippen molar-refractivity contribution < 1.29 is 36.8 Å². The number of ether oxygens (including phenoxy) is 2. The minimum atomic E-state index is -5.01. The minimum Gasteiger partial charge on any atom is -0.497 e. The largest absolute Gasteiger partial charge is 0.497 e. The highest BCUT2D eigenvalue weighted by Crippen LogP contribution is 2.31. The summed E-state index contributed by atoms with van der Waals surface area (Å²) >= 11 is 1.14. The first kappa shape index (κ1) is 25.5. The quantitative estimate of drug-likeness (QED) is 0.278. The molecule has 36 heavy (non-hydrogen) atoms. The molecule has 4 rings (SSSR count). The van der Waals surface area contributed by atoms with Crippen molar-refractivity contribution >= 4 is 42.8 Å². The van der Waals surface area contributed by atoms with Gasteiger partial charge in [-0.15, -0.1) is 3.89 Å². The van der Waals surface area contributed by atoms with Gasteiger partial charge in [0.05, 0.1) is 35.4 Å². The number of hydrogen-bond donors (Lipinski definition) is 3. The van der Waals surface area contributed by atoms with Gasteiger partial charge in [-0.05, 0) is 59.7 Å². The number of thiazole rings is 1. The molecule has 9 nitrogen and oxygen atoms in total. The molecule has 0 aliphatic rings. The van der Waals surface area contributed by atoms with Crippen molar-refractivity contribution in [3.8, 4) is 11.5 Å². The summed E-state index contributed by atoms with van der Waals surface area (Å²) in [5, 5.41) is 21.9. The van der Waals surface area contributed by atoms with Crippen LogP contribution in [0.2, 0.25) is 0 Å². The maximum absolute atomic E-state index is 13.6. The lowest BCUT2D eigenvalue weighted by molar-refractivity contribution is -0.123. The molecule has 0 bridgehead atoms. The highest BCUT2D eigenvalue weighted by molar-refractivity contribution is 7.86. The smallest absolute Gasteiger partial charge is 0.332 e. The number of carbonyl (C=O) groups excluding carboxylic acids is 1. The Morgan fingerprint density at radius 3 is 2.36 bits per heavy atom. The Balaban J connectivity index is 1.68. The van der Waals surface area contributed by atoms with Crippen molar-refractivity contribution in [2.45, 2.75) is 24.2 Å². The predicted molar refractivity (Wildman–Crippen MR) is 131 cm³/mol. The molecule has 0 radical (unpaired) electrons. The Kier molecular flexibility index (Phi) is 7.50. The monoisotopic (exact) mass is 532 g/mol. The van der Waals surface area contributed by atoms with Crippen LogP contribution in [-0.4, -0.2) is 36.6 Å². The molecular formula is C24H21FN2O7S2. The van der Waals surface area contributed by atoms with Gasteiger partial charge in [0.2, 0.25) is 6.10 Å². The summed E-state index contributed by atoms with van der Waals surface area (Å²) < 4.78 is 48.2. The number of nitrogens with one attached hydrogen (secondary N) is 1. The molecule has 0 spiro atoms. The van der Waals surface area contributed by atoms with Crippen molar-refractivity contribution in [1.29, 1.82) is 0 Å². The maximum atomic E-state index is 13.6. The number of nitrogens with zero attached hydrogens (tertiary/aromatic N) is 1. The van der Waals surface area contributed by atoms with Crippen LogP contribution in [0.1, 0.15) is 22.8 Å². The molecular weight excluding hydrogens is 511 g/mol. The number of rotatable bonds is 9. The Hall–Kier alpha value is -3.58. The van der Waals surface area contributed by atoms with Gasteiger partial charge in [0.25, 0.3) is 5.91 Å². The number of aromatic nitrogens is 1. The molecule has 4 aromatic rings. The summed E-state index contributed by atoms with van der Waals surface area (Å²) in [6.07, 6.45) is -1.35. The van der Waals surface area contributed by atoms with E-state index in [1.165, 1.54) is 19.2 Å². The number of methoxy groups -OCH3 is 1. The van der Waals surface area contributed by atoms with E-state index in [1.807, 2.05) is 0 Å². The fraction of sp³-hybridized carbons (Fsp3) is 0.167. The normalized spacial score (nSPS) is 12.3. The highest BCUT2D eigenvalue weighted by atomic mass is 32.3. The van der Waals surface area contributed by atoms with Gasteiger partial charge in [-0.25, -0.2) is 4.98 Å². The predicted octanol–water partition coefficient (Wildman–Crippen LogP) is 3.71. The van der Waals surface area contributed by atoms with Crippen LogP contribution in [-0.2, 0) is 28.2 Å². The first-order valence-corrected chi connectivity index (χ1v) is 12.7. The van der Waals surface area contributed by atoms with E-state index in [1.54, 1.807) is 36.4 Å². The maximum Gasteiger partial charge on any atom is 0.332 e. The van der Waals surface area contributed by atoms with Gasteiger partial charge in [0.15, 0.2) is 5.13 Å². The Morgan fingerprint density at radius 1 is 1.06 bits per heavy atom. The minimum absolute atomic E-state index is 0.105. The van der Waals surface area contributed by atoms with Gasteiger partial charge in [-0.2, -0.15) is 8.42 Å². The van der Waals surface area contributed by atoms with Gasteiger partial charge in [-0.1, -0.05) is 23.5 Å². The molecule has 1 atom stereocenters. The van der Waals surface area contributed by atoms with Crippen LogP contribution < -0.4 is 14.8 Å². The molecule has 1 amide bonds. The SMILES string of the molecule is COc1ccc(OC(C(=O)Nc2nc3cc(CO)c(CO)cc3s2)c2cccc(S(=O)(=O)F)c2)cc1. The van der Waals surface area contributed by atoms with Crippen LogP contribution in [0.15, 0.2) is 65.6 Å². The van der Waals surface area contributed by atoms with E-state index in [0.717, 1.165) is 23.5 Å². The molecule has 1 heterocycles. The van der Waals surface area contributed by atoms with E-state index >= 15 is 0 Å². The molecule has 0 aliphatic carbocycles. The standard InChI is InChI=1S/C24H21FN2O7S2/c1-33-17-5-7-18(8-6-17)34-22(14-3-2-4-19(9-14)36(25,31)32)23(30)27-24-26-20-10-15(12-28)16(13-29)11-21(20)35-24/h2-11,22,28-29H,12-13H2,1H3,(H,26,27,30). The van der Waals surface area contributed by atoms with Crippen LogP contribution in [0, 0.1) is 0 Å². The Bertz CT molecular complexity index is 1460. The molecule has 3 aromatic carbocycles. The number of hydrogen-bond acceptors (Lipinski definition) is 9. The Morgan fingerprint density at radius 2 is 1.72 bits per heavy atom. The first-order valence-electron chi connectivity index (χ1n) is 10.5. The van der Waals surface area contributed by atoms with Crippen molar-refractivity contribution in [3.05, 3.63) is 77.4 Å². The number of benzene rings is 3. The number of amides is 1. The molecule has 0 aliphatic heterocycles. The topological polar surface area (TPSA) is 135 Å². The lowest BCUT2D eigenvalue weighted by Crippen LogP contribution is -2.25. The van der Waals surface area contributed by atoms with Crippen LogP contribution in [0.25, 0.3) is 10.2 Å². The van der Waals surface area contributed by atoms with Crippen LogP contribution >= 0.6 is 11.3 Å². The van der Waals surface area contributed by atoms with Gasteiger partial charge in [0.1, 0.15) is 11.5 Å². The molecule has 1 unspecified atom stereocenters. The first-order chi connectivity index (χ1) is 17.2. The number of aliphatic hydroxyl groups excluding tert-OH is 2. The van der Waals surface area contributed by atoms with Gasteiger partial charge in [0, 0.05) is 5.56 Å². The zero-order valence-corrected chi connectivity index (χ0v) is 20.5. The zero-order chi connectivity index (χ0) is 25.9. The molecule has 0 fully saturated rings. The van der Waals surface area contributed by atoms with E-state index in [9.17, 15) is 27.3 Å². The number of carbonyl (C=O) groups is 1. The van der Waals surface area contributed by atoms with E-state index in [-0.39, 0.29) is 29.7 Å². The average Bonchev–Trinajstić information content (AvgIpc) is 3.27. The van der Waals surface area contributed by atoms with E-state index in [2.05, 4.69) is 10.3 Å². The zero-order valence-electron chi connectivity index (χ0n) is 18.8. The number of anilines is 1. The third-order valence-corrected chi connectivity index (χ3v) is 7.03. The third kappa shape index (κ3) is 5.62. The number of aliphatic hydroxyl groups is 2. The second kappa shape index (κ2) is 10.6. The van der Waals surface area contributed by atoms with Crippen LogP contribution in [0.5, 0.6) is 11.5 Å². The van der Waals surface area contributed by atoms with Gasteiger partial charge >= 0.3 is 10.2 Å². The molecule has 3 N–H and O–H groups in total. The lowest BCUT2D eigenvalue weighted by Gasteiger charge is -2.19. The van der Waals surface area contributed by atoms with Crippen molar-refractivity contribution in [3.63, 3.8) is 0 Å². The fourth-order valence-electron chi connectivity index (χ4n) is 3.47. The summed E-state index contributed by atoms with van der Waals surface area (Å²) in [5.74, 6) is 0.171. The number of halogens is 1. The summed E-state index contributed by atoms with van der Waals surface area (Å²) in [5.41, 5.74) is 1.66. The molecule has 0 saturated heterocycles. The summed E-state index contributed by atoms with van der Waals surface area (Å²) in [7, 11) is -3.51. The highest BCUT2D eigenvalue weighted by Gasteiger charge is 2.26. The second-order valence-electron chi connectivity index (χ2n) is 7.60. The summed E-state index contributed by atoms with van der Waals surface area (Å²) in [6.45, 7) is -0.548. The van der Waals surface area contributed by atoms with Crippen LogP contribution in [0.4, 0.5) is 9.02 Å². The third-order valence-electron chi connectivity index (χ3n) is 5.27. The molecule has 12 heteroatoms. The van der Waals surface area contributed by atoms with Gasteiger partial charge in [-0.3, -0.25) is 10.1 Å². The fourth-order valence-corrected chi connectivity index (χ4v) is 4.90. The van der Waals surface area contributed by atoms with Crippen molar-refractivity contribution in [2.24, 2.45) is 0 Å². The van der Waals surface area contributed by atoms with Gasteiger partial charge < -0.3 is 19.7 Å². The summed E-state index contributed by atoms with van der Waals surface area (Å²) in [6, 6.07) is 14.5. The second-order valence-corrected chi connectivity index (χ2v) is 9.97. The van der Waals surface area contributed by atoms with E-state index < -0.39 is 27.1 Å². The van der Waals surface area contributed by atoms with E-state index in [0.29, 0.717) is 27.1 Å². The molecule has 188 valence electrons. The lowest BCUT2D eigenvalue weighted by atomic mass is 10.1. The average molecular weight is 533 g/mol. The molecule has 1 aromatic heterocycles. The Labute approximate surface area is 210 Å². The molecule has 0 saturated carbocycles. The van der Waals surface area contributed by atoms with E-state index in [4.69, 9.17) is 9.47 Å². The van der Waals surface area contributed by atoms with Crippen LogP contribution in [0.3, 0.4) is 0 Å². The van der Waals surface area contributed by atoms with Crippen molar-refractivity contribution in [1.82, 2.24) is 4.98 Å².